The molecule has 0 bridgehead atoms. The Bertz CT molecular complexity index is 4070. The van der Waals surface area contributed by atoms with Gasteiger partial charge in [-0.25, -0.2) is 15.0 Å². The third kappa shape index (κ3) is 9.96. The maximum Gasteiger partial charge on any atom is 0.164 e. The molecule has 5 heteroatoms. The predicted octanol–water partition coefficient (Wildman–Crippen LogP) is 20.5. The van der Waals surface area contributed by atoms with Crippen molar-refractivity contribution in [3.8, 4) is 56.7 Å². The standard InChI is InChI=1S/C75H81N5/c1-70(2,3)49-32-35-65-59(44-49)56-26-20-23-29-62(56)79(65)61-28-22-19-25-55(61)58-41-46(31-34-64(58)80-63-30-24-21-27-57(63)60-45-50(71(4,5)6)33-36-66(60)80)67-76-68(47-37-51(72(7,8)9)42-52(38-47)73(10,11)12)78-69(77-67)48-39-53(74(13,14)15)43-54(40-48)75(16,17)18/h19-45H,1-18H3. The maximum absolute atomic E-state index is 5.60. The zero-order valence-corrected chi connectivity index (χ0v) is 50.8. The summed E-state index contributed by atoms with van der Waals surface area (Å²) in [4.78, 5) is 16.7. The zero-order chi connectivity index (χ0) is 57.2. The van der Waals surface area contributed by atoms with Crippen LogP contribution in [0.3, 0.4) is 0 Å². The molecular formula is C75H81N5. The van der Waals surface area contributed by atoms with Crippen molar-refractivity contribution >= 4 is 43.6 Å². The summed E-state index contributed by atoms with van der Waals surface area (Å²) in [6, 6.07) is 61.7. The minimum absolute atomic E-state index is 0.0100. The predicted molar refractivity (Wildman–Crippen MR) is 342 cm³/mol. The van der Waals surface area contributed by atoms with Crippen LogP contribution in [-0.2, 0) is 32.5 Å². The first-order chi connectivity index (χ1) is 37.4. The van der Waals surface area contributed by atoms with Gasteiger partial charge in [-0.2, -0.15) is 0 Å². The first-order valence-electron chi connectivity index (χ1n) is 28.8. The first kappa shape index (κ1) is 54.3. The molecule has 0 unspecified atom stereocenters. The van der Waals surface area contributed by atoms with E-state index in [1.807, 2.05) is 0 Å². The number of aromatic nitrogens is 5. The van der Waals surface area contributed by atoms with E-state index in [1.54, 1.807) is 0 Å². The highest BCUT2D eigenvalue weighted by atomic mass is 15.0. The molecular weight excluding hydrogens is 971 g/mol. The largest absolute Gasteiger partial charge is 0.309 e. The van der Waals surface area contributed by atoms with Gasteiger partial charge >= 0.3 is 0 Å². The molecule has 5 nitrogen and oxygen atoms in total. The van der Waals surface area contributed by atoms with Crippen molar-refractivity contribution < 1.29 is 0 Å². The zero-order valence-electron chi connectivity index (χ0n) is 50.8. The molecule has 3 aromatic heterocycles. The van der Waals surface area contributed by atoms with Crippen LogP contribution in [0.25, 0.3) is 100 Å². The van der Waals surface area contributed by atoms with Gasteiger partial charge in [0.05, 0.1) is 33.4 Å². The second-order valence-corrected chi connectivity index (χ2v) is 28.8. The highest BCUT2D eigenvalue weighted by molar-refractivity contribution is 6.12. The third-order valence-corrected chi connectivity index (χ3v) is 16.5. The van der Waals surface area contributed by atoms with Crippen LogP contribution in [0.5, 0.6) is 0 Å². The van der Waals surface area contributed by atoms with E-state index in [4.69, 9.17) is 15.0 Å². The van der Waals surface area contributed by atoms with E-state index in [2.05, 4.69) is 298 Å². The van der Waals surface area contributed by atoms with Crippen molar-refractivity contribution in [1.82, 2.24) is 24.1 Å². The first-order valence-corrected chi connectivity index (χ1v) is 28.8. The number of rotatable bonds is 6. The molecule has 0 saturated carbocycles. The Labute approximate surface area is 476 Å². The lowest BCUT2D eigenvalue weighted by Crippen LogP contribution is -2.17. The molecule has 0 spiro atoms. The Morgan fingerprint density at radius 1 is 0.250 bits per heavy atom. The van der Waals surface area contributed by atoms with Crippen molar-refractivity contribution in [1.29, 1.82) is 0 Å². The number of fused-ring (bicyclic) bond motifs is 6. The summed E-state index contributed by atoms with van der Waals surface area (Å²) in [7, 11) is 0. The Kier molecular flexibility index (Phi) is 12.9. The Morgan fingerprint density at radius 3 is 0.988 bits per heavy atom. The van der Waals surface area contributed by atoms with Crippen LogP contribution in [0.2, 0.25) is 0 Å². The molecule has 0 amide bonds. The van der Waals surface area contributed by atoms with Gasteiger partial charge in [0.25, 0.3) is 0 Å². The Morgan fingerprint density at radius 2 is 0.588 bits per heavy atom. The molecule has 0 aliphatic carbocycles. The van der Waals surface area contributed by atoms with Gasteiger partial charge in [-0.05, 0) is 151 Å². The second kappa shape index (κ2) is 19.0. The molecule has 0 fully saturated rings. The molecule has 406 valence electrons. The van der Waals surface area contributed by atoms with Gasteiger partial charge in [-0.15, -0.1) is 0 Å². The molecule has 0 aliphatic rings. The molecule has 11 rings (SSSR count). The lowest BCUT2D eigenvalue weighted by atomic mass is 9.79. The summed E-state index contributed by atoms with van der Waals surface area (Å²) in [5, 5.41) is 4.93. The normalized spacial score (nSPS) is 13.1. The van der Waals surface area contributed by atoms with Gasteiger partial charge in [0.15, 0.2) is 17.5 Å². The topological polar surface area (TPSA) is 48.5 Å². The van der Waals surface area contributed by atoms with E-state index in [0.717, 1.165) is 55.7 Å². The number of benzene rings is 8. The van der Waals surface area contributed by atoms with Crippen LogP contribution in [0.15, 0.2) is 164 Å². The minimum Gasteiger partial charge on any atom is -0.309 e. The molecule has 11 aromatic rings. The van der Waals surface area contributed by atoms with Crippen molar-refractivity contribution in [2.45, 2.75) is 157 Å². The summed E-state index contributed by atoms with van der Waals surface area (Å²) >= 11 is 0. The molecule has 3 heterocycles. The van der Waals surface area contributed by atoms with E-state index in [-0.39, 0.29) is 32.5 Å². The lowest BCUT2D eigenvalue weighted by Gasteiger charge is -2.26. The van der Waals surface area contributed by atoms with Crippen molar-refractivity contribution in [3.63, 3.8) is 0 Å². The number of hydrogen-bond acceptors (Lipinski definition) is 3. The van der Waals surface area contributed by atoms with Crippen LogP contribution < -0.4 is 0 Å². The smallest absolute Gasteiger partial charge is 0.164 e. The average molecular weight is 1050 g/mol. The highest BCUT2D eigenvalue weighted by Crippen LogP contribution is 2.45. The van der Waals surface area contributed by atoms with Gasteiger partial charge < -0.3 is 9.13 Å². The number of hydrogen-bond donors (Lipinski definition) is 0. The van der Waals surface area contributed by atoms with Gasteiger partial charge in [0.2, 0.25) is 0 Å². The van der Waals surface area contributed by atoms with Gasteiger partial charge in [-0.1, -0.05) is 203 Å². The number of nitrogens with zero attached hydrogens (tertiary/aromatic N) is 5. The lowest BCUT2D eigenvalue weighted by molar-refractivity contribution is 0.568. The third-order valence-electron chi connectivity index (χ3n) is 16.5. The van der Waals surface area contributed by atoms with Gasteiger partial charge in [0.1, 0.15) is 0 Å². The summed E-state index contributed by atoms with van der Waals surface area (Å²) in [5.74, 6) is 1.93. The SMILES string of the molecule is CC(C)(C)c1cc(-c2nc(-c3cc(C(C)(C)C)cc(C(C)(C)C)c3)nc(-c3ccc(-n4c5ccccc5c5cc(C(C)(C)C)ccc54)c(-c4ccccc4-n4c5ccccc5c5cc(C(C)(C)C)ccc54)c3)n2)cc(C(C)(C)C)c1. The van der Waals surface area contributed by atoms with Crippen LogP contribution in [-0.4, -0.2) is 24.1 Å². The fraction of sp³-hybridized carbons (Fsp3) is 0.320. The Balaban J connectivity index is 1.25. The summed E-state index contributed by atoms with van der Waals surface area (Å²) in [6.07, 6.45) is 0. The molecule has 0 saturated heterocycles. The molecule has 0 atom stereocenters. The van der Waals surface area contributed by atoms with Crippen molar-refractivity contribution in [2.75, 3.05) is 0 Å². The second-order valence-electron chi connectivity index (χ2n) is 28.8. The average Bonchev–Trinajstić information content (AvgIpc) is 3.99. The summed E-state index contributed by atoms with van der Waals surface area (Å²) in [5.41, 5.74) is 19.0. The maximum atomic E-state index is 5.60. The quantitative estimate of drug-likeness (QED) is 0.167. The van der Waals surface area contributed by atoms with E-state index in [1.165, 1.54) is 60.4 Å². The highest BCUT2D eigenvalue weighted by Gasteiger charge is 2.28. The number of para-hydroxylation sites is 3. The monoisotopic (exact) mass is 1050 g/mol. The molecule has 0 radical (unpaired) electrons. The fourth-order valence-corrected chi connectivity index (χ4v) is 11.4. The van der Waals surface area contributed by atoms with E-state index >= 15 is 0 Å². The minimum atomic E-state index is -0.109. The van der Waals surface area contributed by atoms with Gasteiger partial charge in [0, 0.05) is 49.4 Å². The van der Waals surface area contributed by atoms with Crippen LogP contribution >= 0.6 is 0 Å². The van der Waals surface area contributed by atoms with E-state index in [9.17, 15) is 0 Å². The Hall–Kier alpha value is -7.63. The summed E-state index contributed by atoms with van der Waals surface area (Å²) < 4.78 is 4.96. The molecule has 0 N–H and O–H groups in total. The summed E-state index contributed by atoms with van der Waals surface area (Å²) in [6.45, 7) is 41.3. The molecule has 80 heavy (non-hydrogen) atoms. The van der Waals surface area contributed by atoms with E-state index < -0.39 is 0 Å². The molecule has 8 aromatic carbocycles. The van der Waals surface area contributed by atoms with E-state index in [0.29, 0.717) is 17.5 Å². The van der Waals surface area contributed by atoms with Crippen molar-refractivity contribution in [2.24, 2.45) is 0 Å². The van der Waals surface area contributed by atoms with Crippen LogP contribution in [0.1, 0.15) is 158 Å². The molecule has 0 aliphatic heterocycles. The van der Waals surface area contributed by atoms with Gasteiger partial charge in [-0.3, -0.25) is 0 Å². The van der Waals surface area contributed by atoms with Crippen molar-refractivity contribution in [3.05, 3.63) is 197 Å². The fourth-order valence-electron chi connectivity index (χ4n) is 11.4. The van der Waals surface area contributed by atoms with Crippen LogP contribution in [0, 0.1) is 0 Å². The van der Waals surface area contributed by atoms with Crippen LogP contribution in [0.4, 0.5) is 0 Å².